The van der Waals surface area contributed by atoms with Crippen molar-refractivity contribution in [2.75, 3.05) is 12.3 Å². The largest absolute Gasteiger partial charge is 0.411 e. The molecule has 26 heavy (non-hydrogen) atoms. The number of halogens is 1. The first-order chi connectivity index (χ1) is 12.5. The van der Waals surface area contributed by atoms with Crippen LogP contribution in [0.15, 0.2) is 46.0 Å². The molecule has 5 nitrogen and oxygen atoms in total. The molecule has 0 N–H and O–H groups in total. The lowest BCUT2D eigenvalue weighted by Gasteiger charge is -2.19. The fraction of sp³-hybridized carbons (Fsp3) is 0.278. The summed E-state index contributed by atoms with van der Waals surface area (Å²) in [6.45, 7) is 5.16. The van der Waals surface area contributed by atoms with Crippen LogP contribution >= 0.6 is 34.7 Å². The summed E-state index contributed by atoms with van der Waals surface area (Å²) in [7, 11) is 0. The van der Waals surface area contributed by atoms with Crippen LogP contribution in [0.4, 0.5) is 0 Å². The highest BCUT2D eigenvalue weighted by atomic mass is 35.5. The van der Waals surface area contributed by atoms with Crippen LogP contribution in [0.25, 0.3) is 11.5 Å². The van der Waals surface area contributed by atoms with Crippen LogP contribution in [-0.2, 0) is 11.3 Å². The Morgan fingerprint density at radius 1 is 1.31 bits per heavy atom. The molecule has 2 heterocycles. The normalized spacial score (nSPS) is 10.9. The first-order valence-corrected chi connectivity index (χ1v) is 10.3. The Morgan fingerprint density at radius 3 is 2.85 bits per heavy atom. The summed E-state index contributed by atoms with van der Waals surface area (Å²) in [5.41, 5.74) is 2.00. The van der Waals surface area contributed by atoms with Gasteiger partial charge in [0.2, 0.25) is 11.8 Å². The Labute approximate surface area is 165 Å². The van der Waals surface area contributed by atoms with Crippen LogP contribution in [0.5, 0.6) is 0 Å². The van der Waals surface area contributed by atoms with E-state index >= 15 is 0 Å². The van der Waals surface area contributed by atoms with Crippen LogP contribution in [0.2, 0.25) is 4.34 Å². The zero-order chi connectivity index (χ0) is 18.5. The summed E-state index contributed by atoms with van der Waals surface area (Å²) in [6, 6.07) is 11.7. The lowest BCUT2D eigenvalue weighted by atomic mass is 10.1. The van der Waals surface area contributed by atoms with E-state index in [1.807, 2.05) is 50.2 Å². The Kier molecular flexibility index (Phi) is 6.34. The Hall–Kier alpha value is -1.83. The molecule has 0 atom stereocenters. The van der Waals surface area contributed by atoms with Crippen LogP contribution in [0.1, 0.15) is 17.4 Å². The molecular weight excluding hydrogens is 390 g/mol. The predicted molar refractivity (Wildman–Crippen MR) is 106 cm³/mol. The number of amides is 1. The molecule has 136 valence electrons. The second-order valence-electron chi connectivity index (χ2n) is 5.65. The monoisotopic (exact) mass is 407 g/mol. The van der Waals surface area contributed by atoms with Crippen LogP contribution in [0.3, 0.4) is 0 Å². The first-order valence-electron chi connectivity index (χ1n) is 8.10. The van der Waals surface area contributed by atoms with Crippen molar-refractivity contribution in [3.63, 3.8) is 0 Å². The van der Waals surface area contributed by atoms with Crippen molar-refractivity contribution in [2.24, 2.45) is 0 Å². The fourth-order valence-corrected chi connectivity index (χ4v) is 4.15. The van der Waals surface area contributed by atoms with Gasteiger partial charge < -0.3 is 9.32 Å². The standard InChI is InChI=1S/C18H18ClN3O2S2/c1-3-22(10-14-7-8-15(19)26-14)16(23)11-25-18-21-20-17(24-18)13-6-4-5-12(2)9-13/h4-9H,3,10-11H2,1-2H3. The summed E-state index contributed by atoms with van der Waals surface area (Å²) in [6.07, 6.45) is 0. The van der Waals surface area contributed by atoms with E-state index in [1.165, 1.54) is 23.1 Å². The summed E-state index contributed by atoms with van der Waals surface area (Å²) in [5, 5.41) is 8.49. The minimum Gasteiger partial charge on any atom is -0.411 e. The van der Waals surface area contributed by atoms with E-state index < -0.39 is 0 Å². The van der Waals surface area contributed by atoms with E-state index in [-0.39, 0.29) is 11.7 Å². The number of carbonyl (C=O) groups is 1. The third-order valence-corrected chi connectivity index (χ3v) is 5.72. The quantitative estimate of drug-likeness (QED) is 0.521. The molecule has 3 aromatic rings. The predicted octanol–water partition coefficient (Wildman–Crippen LogP) is 4.90. The van der Waals surface area contributed by atoms with E-state index in [9.17, 15) is 4.79 Å². The Balaban J connectivity index is 1.58. The molecule has 0 unspecified atom stereocenters. The highest BCUT2D eigenvalue weighted by Crippen LogP contribution is 2.25. The molecule has 0 saturated heterocycles. The average molecular weight is 408 g/mol. The van der Waals surface area contributed by atoms with E-state index in [0.29, 0.717) is 24.2 Å². The van der Waals surface area contributed by atoms with Gasteiger partial charge in [-0.1, -0.05) is 41.1 Å². The second-order valence-corrected chi connectivity index (χ2v) is 8.37. The van der Waals surface area contributed by atoms with Gasteiger partial charge in [-0.05, 0) is 38.1 Å². The van der Waals surface area contributed by atoms with E-state index in [2.05, 4.69) is 10.2 Å². The van der Waals surface area contributed by atoms with Crippen LogP contribution in [0, 0.1) is 6.92 Å². The number of thiophene rings is 1. The van der Waals surface area contributed by atoms with Crippen LogP contribution < -0.4 is 0 Å². The molecule has 0 radical (unpaired) electrons. The molecule has 0 aliphatic carbocycles. The number of thioether (sulfide) groups is 1. The smallest absolute Gasteiger partial charge is 0.277 e. The maximum atomic E-state index is 12.5. The number of benzene rings is 1. The number of hydrogen-bond acceptors (Lipinski definition) is 6. The van der Waals surface area contributed by atoms with Gasteiger partial charge in [0.05, 0.1) is 16.6 Å². The van der Waals surface area contributed by atoms with Crippen molar-refractivity contribution in [2.45, 2.75) is 25.6 Å². The number of aromatic nitrogens is 2. The molecule has 1 amide bonds. The van der Waals surface area contributed by atoms with Gasteiger partial charge in [0.1, 0.15) is 0 Å². The zero-order valence-electron chi connectivity index (χ0n) is 14.4. The lowest BCUT2D eigenvalue weighted by molar-refractivity contribution is -0.128. The zero-order valence-corrected chi connectivity index (χ0v) is 16.8. The molecule has 0 bridgehead atoms. The maximum absolute atomic E-state index is 12.5. The first kappa shape index (κ1) is 18.9. The lowest BCUT2D eigenvalue weighted by Crippen LogP contribution is -2.31. The molecule has 0 saturated carbocycles. The van der Waals surface area contributed by atoms with E-state index in [4.69, 9.17) is 16.0 Å². The number of carbonyl (C=O) groups excluding carboxylic acids is 1. The van der Waals surface area contributed by atoms with E-state index in [1.54, 1.807) is 4.90 Å². The van der Waals surface area contributed by atoms with Gasteiger partial charge in [-0.3, -0.25) is 4.79 Å². The summed E-state index contributed by atoms with van der Waals surface area (Å²) in [4.78, 5) is 15.3. The summed E-state index contributed by atoms with van der Waals surface area (Å²) >= 11 is 8.70. The van der Waals surface area contributed by atoms with Gasteiger partial charge >= 0.3 is 0 Å². The van der Waals surface area contributed by atoms with E-state index in [0.717, 1.165) is 20.3 Å². The van der Waals surface area contributed by atoms with Gasteiger partial charge in [-0.2, -0.15) is 0 Å². The number of hydrogen-bond donors (Lipinski definition) is 0. The SMILES string of the molecule is CCN(Cc1ccc(Cl)s1)C(=O)CSc1nnc(-c2cccc(C)c2)o1. The molecule has 0 spiro atoms. The summed E-state index contributed by atoms with van der Waals surface area (Å²) in [5.74, 6) is 0.740. The van der Waals surface area contributed by atoms with Crippen molar-refractivity contribution in [1.82, 2.24) is 15.1 Å². The highest BCUT2D eigenvalue weighted by molar-refractivity contribution is 7.99. The fourth-order valence-electron chi connectivity index (χ4n) is 2.38. The van der Waals surface area contributed by atoms with Crippen molar-refractivity contribution in [1.29, 1.82) is 0 Å². The second kappa shape index (κ2) is 8.70. The topological polar surface area (TPSA) is 59.2 Å². The van der Waals surface area contributed by atoms with Gasteiger partial charge in [0.25, 0.3) is 5.22 Å². The molecular formula is C18H18ClN3O2S2. The maximum Gasteiger partial charge on any atom is 0.277 e. The third kappa shape index (κ3) is 4.87. The molecule has 0 aliphatic heterocycles. The number of rotatable bonds is 7. The Morgan fingerprint density at radius 2 is 2.15 bits per heavy atom. The van der Waals surface area contributed by atoms with Crippen molar-refractivity contribution in [3.8, 4) is 11.5 Å². The van der Waals surface area contributed by atoms with Crippen molar-refractivity contribution in [3.05, 3.63) is 51.2 Å². The molecule has 0 aliphatic rings. The van der Waals surface area contributed by atoms with Crippen molar-refractivity contribution < 1.29 is 9.21 Å². The molecule has 8 heteroatoms. The van der Waals surface area contributed by atoms with Crippen molar-refractivity contribution >= 4 is 40.6 Å². The minimum absolute atomic E-state index is 0.0253. The Bertz CT molecular complexity index is 894. The third-order valence-electron chi connectivity index (χ3n) is 3.70. The minimum atomic E-state index is 0.0253. The molecule has 3 rings (SSSR count). The number of aryl methyl sites for hydroxylation is 1. The molecule has 2 aromatic heterocycles. The number of nitrogens with zero attached hydrogens (tertiary/aromatic N) is 3. The highest BCUT2D eigenvalue weighted by Gasteiger charge is 2.16. The van der Waals surface area contributed by atoms with Gasteiger partial charge in [-0.15, -0.1) is 21.5 Å². The molecule has 1 aromatic carbocycles. The van der Waals surface area contributed by atoms with Gasteiger partial charge in [0.15, 0.2) is 0 Å². The van der Waals surface area contributed by atoms with Gasteiger partial charge in [0, 0.05) is 17.0 Å². The summed E-state index contributed by atoms with van der Waals surface area (Å²) < 4.78 is 6.39. The van der Waals surface area contributed by atoms with Crippen LogP contribution in [-0.4, -0.2) is 33.3 Å². The molecule has 0 fully saturated rings. The average Bonchev–Trinajstić information content (AvgIpc) is 3.26. The van der Waals surface area contributed by atoms with Gasteiger partial charge in [-0.25, -0.2) is 0 Å².